The lowest BCUT2D eigenvalue weighted by molar-refractivity contribution is -0.0491. The van der Waals surface area contributed by atoms with Gasteiger partial charge in [-0.2, -0.15) is 0 Å². The molecule has 7 nitrogen and oxygen atoms in total. The van der Waals surface area contributed by atoms with Crippen LogP contribution >= 0.6 is 22.6 Å². The first-order chi connectivity index (χ1) is 9.49. The Kier molecular flexibility index (Phi) is 4.73. The van der Waals surface area contributed by atoms with E-state index in [0.29, 0.717) is 0 Å². The largest absolute Gasteiger partial charge is 0.394 e. The first-order valence-corrected chi connectivity index (χ1v) is 6.95. The van der Waals surface area contributed by atoms with Gasteiger partial charge in [-0.3, -0.25) is 14.3 Å². The molecule has 0 amide bonds. The zero-order valence-corrected chi connectivity index (χ0v) is 12.2. The minimum atomic E-state index is -1.88. The first kappa shape index (κ1) is 15.4. The molecule has 1 aliphatic rings. The second-order valence-electron chi connectivity index (χ2n) is 4.23. The number of hydrogen-bond acceptors (Lipinski definition) is 5. The van der Waals surface area contributed by atoms with Crippen molar-refractivity contribution >= 4 is 28.7 Å². The van der Waals surface area contributed by atoms with Crippen molar-refractivity contribution in [1.82, 2.24) is 9.55 Å². The fraction of sp³-hybridized carbons (Fsp3) is 0.455. The monoisotopic (exact) mass is 398 g/mol. The molecule has 4 atom stereocenters. The Balaban J connectivity index is 2.46. The summed E-state index contributed by atoms with van der Waals surface area (Å²) in [5, 5.41) is 18.5. The Bertz CT molecular complexity index is 628. The van der Waals surface area contributed by atoms with Gasteiger partial charge in [-0.1, -0.05) is 22.6 Å². The van der Waals surface area contributed by atoms with E-state index in [1.165, 1.54) is 6.08 Å². The number of halogens is 2. The number of aliphatic hydroxyl groups is 2. The van der Waals surface area contributed by atoms with Crippen LogP contribution in [0.5, 0.6) is 0 Å². The molecule has 110 valence electrons. The van der Waals surface area contributed by atoms with Crippen molar-refractivity contribution in [1.29, 1.82) is 0 Å². The van der Waals surface area contributed by atoms with Crippen molar-refractivity contribution in [2.45, 2.75) is 24.6 Å². The number of rotatable bonds is 3. The van der Waals surface area contributed by atoms with Crippen LogP contribution in [0.2, 0.25) is 0 Å². The molecule has 20 heavy (non-hydrogen) atoms. The fourth-order valence-electron chi connectivity index (χ4n) is 1.95. The summed E-state index contributed by atoms with van der Waals surface area (Å²) < 4.78 is 21.5. The summed E-state index contributed by atoms with van der Waals surface area (Å²) in [6.07, 6.45) is -3.33. The van der Waals surface area contributed by atoms with Gasteiger partial charge in [-0.25, -0.2) is 9.18 Å². The number of nitrogens with zero attached hydrogens (tertiary/aromatic N) is 1. The molecule has 0 unspecified atom stereocenters. The van der Waals surface area contributed by atoms with Gasteiger partial charge < -0.3 is 14.9 Å². The van der Waals surface area contributed by atoms with Crippen LogP contribution < -0.4 is 11.2 Å². The van der Waals surface area contributed by atoms with E-state index in [4.69, 9.17) is 9.84 Å². The Morgan fingerprint density at radius 3 is 2.80 bits per heavy atom. The van der Waals surface area contributed by atoms with Crippen molar-refractivity contribution in [2.75, 3.05) is 6.61 Å². The standard InChI is InChI=1S/C11H12FIN2O5/c12-7-8(17)6(4-16)20-10(7)15-3-5(1-2-13)9(18)14-11(15)19/h1-3,6-8,10,16-17H,4H2,(H,14,18,19)/t6-,7-,8-,10-/m1/s1. The first-order valence-electron chi connectivity index (χ1n) is 5.70. The van der Waals surface area contributed by atoms with Gasteiger partial charge in [0.25, 0.3) is 5.56 Å². The second kappa shape index (κ2) is 6.16. The maximum atomic E-state index is 13.9. The highest BCUT2D eigenvalue weighted by Crippen LogP contribution is 2.30. The molecule has 0 aromatic carbocycles. The molecule has 9 heteroatoms. The predicted octanol–water partition coefficient (Wildman–Crippen LogP) is -0.469. The minimum Gasteiger partial charge on any atom is -0.394 e. The van der Waals surface area contributed by atoms with E-state index >= 15 is 0 Å². The maximum Gasteiger partial charge on any atom is 0.330 e. The Labute approximate surface area is 125 Å². The van der Waals surface area contributed by atoms with Crippen LogP contribution in [0, 0.1) is 0 Å². The number of hydrogen-bond donors (Lipinski definition) is 3. The molecule has 0 aliphatic carbocycles. The van der Waals surface area contributed by atoms with Crippen molar-refractivity contribution in [2.24, 2.45) is 0 Å². The van der Waals surface area contributed by atoms with Gasteiger partial charge in [0.05, 0.1) is 12.2 Å². The van der Waals surface area contributed by atoms with Gasteiger partial charge in [0.15, 0.2) is 12.4 Å². The van der Waals surface area contributed by atoms with E-state index in [9.17, 15) is 19.1 Å². The summed E-state index contributed by atoms with van der Waals surface area (Å²) in [6.45, 7) is -0.573. The highest BCUT2D eigenvalue weighted by Gasteiger charge is 2.45. The summed E-state index contributed by atoms with van der Waals surface area (Å²) in [4.78, 5) is 25.3. The van der Waals surface area contributed by atoms with E-state index in [-0.39, 0.29) is 5.56 Å². The van der Waals surface area contributed by atoms with Crippen LogP contribution in [0.3, 0.4) is 0 Å². The summed E-state index contributed by atoms with van der Waals surface area (Å²) in [5.41, 5.74) is -1.30. The number of ether oxygens (including phenoxy) is 1. The van der Waals surface area contributed by atoms with Gasteiger partial charge in [0.1, 0.15) is 12.2 Å². The topological polar surface area (TPSA) is 105 Å². The average molecular weight is 398 g/mol. The number of alkyl halides is 1. The number of aromatic amines is 1. The van der Waals surface area contributed by atoms with Gasteiger partial charge in [-0.15, -0.1) is 0 Å². The summed E-state index contributed by atoms with van der Waals surface area (Å²) in [5.74, 6) is 0. The Hall–Kier alpha value is -1.04. The molecule has 1 aromatic heterocycles. The molecular weight excluding hydrogens is 386 g/mol. The molecule has 0 spiro atoms. The van der Waals surface area contributed by atoms with Crippen molar-refractivity contribution in [3.8, 4) is 0 Å². The van der Waals surface area contributed by atoms with Gasteiger partial charge in [0.2, 0.25) is 0 Å². The summed E-state index contributed by atoms with van der Waals surface area (Å²) >= 11 is 1.89. The van der Waals surface area contributed by atoms with Gasteiger partial charge in [0, 0.05) is 6.20 Å². The van der Waals surface area contributed by atoms with Crippen molar-refractivity contribution < 1.29 is 19.3 Å². The molecule has 1 fully saturated rings. The Morgan fingerprint density at radius 1 is 1.55 bits per heavy atom. The van der Waals surface area contributed by atoms with E-state index in [1.54, 1.807) is 4.08 Å². The van der Waals surface area contributed by atoms with Crippen LogP contribution in [0.1, 0.15) is 11.8 Å². The molecule has 1 aromatic rings. The molecule has 0 radical (unpaired) electrons. The molecule has 0 saturated carbocycles. The van der Waals surface area contributed by atoms with E-state index in [1.807, 2.05) is 27.6 Å². The van der Waals surface area contributed by atoms with E-state index < -0.39 is 42.5 Å². The average Bonchev–Trinajstić information content (AvgIpc) is 2.70. The quantitative estimate of drug-likeness (QED) is 0.598. The lowest BCUT2D eigenvalue weighted by Gasteiger charge is -2.16. The Morgan fingerprint density at radius 2 is 2.25 bits per heavy atom. The van der Waals surface area contributed by atoms with Gasteiger partial charge >= 0.3 is 5.69 Å². The highest BCUT2D eigenvalue weighted by molar-refractivity contribution is 14.1. The zero-order chi connectivity index (χ0) is 14.9. The SMILES string of the molecule is O=c1[nH]c(=O)n([C@@H]2O[C@H](CO)[C@@H](O)[C@H]2F)cc1C=CI. The molecule has 1 saturated heterocycles. The number of aromatic nitrogens is 2. The van der Waals surface area contributed by atoms with Crippen LogP contribution in [-0.2, 0) is 4.74 Å². The third-order valence-electron chi connectivity index (χ3n) is 2.99. The summed E-state index contributed by atoms with van der Waals surface area (Å²) in [7, 11) is 0. The molecular formula is C11H12FIN2O5. The number of nitrogens with one attached hydrogen (secondary N) is 1. The van der Waals surface area contributed by atoms with Crippen molar-refractivity contribution in [3.05, 3.63) is 36.7 Å². The maximum absolute atomic E-state index is 13.9. The molecule has 2 heterocycles. The van der Waals surface area contributed by atoms with E-state index in [0.717, 1.165) is 10.8 Å². The van der Waals surface area contributed by atoms with Crippen LogP contribution in [0.4, 0.5) is 4.39 Å². The second-order valence-corrected chi connectivity index (χ2v) is 4.95. The zero-order valence-electron chi connectivity index (χ0n) is 10.1. The van der Waals surface area contributed by atoms with E-state index in [2.05, 4.69) is 0 Å². The van der Waals surface area contributed by atoms with Crippen LogP contribution in [-0.4, -0.2) is 44.8 Å². The molecule has 0 bridgehead atoms. The highest BCUT2D eigenvalue weighted by atomic mass is 127. The van der Waals surface area contributed by atoms with Crippen molar-refractivity contribution in [3.63, 3.8) is 0 Å². The lowest BCUT2D eigenvalue weighted by atomic mass is 10.1. The smallest absolute Gasteiger partial charge is 0.330 e. The third kappa shape index (κ3) is 2.71. The fourth-order valence-corrected chi connectivity index (χ4v) is 2.34. The molecule has 2 rings (SSSR count). The van der Waals surface area contributed by atoms with Crippen LogP contribution in [0.25, 0.3) is 6.08 Å². The predicted molar refractivity (Wildman–Crippen MR) is 76.3 cm³/mol. The third-order valence-corrected chi connectivity index (χ3v) is 3.35. The van der Waals surface area contributed by atoms with Crippen LogP contribution in [0.15, 0.2) is 19.9 Å². The molecule has 3 N–H and O–H groups in total. The lowest BCUT2D eigenvalue weighted by Crippen LogP contribution is -2.36. The minimum absolute atomic E-state index is 0.150. The number of aliphatic hydroxyl groups excluding tert-OH is 2. The normalized spacial score (nSPS) is 30.2. The molecule has 1 aliphatic heterocycles. The van der Waals surface area contributed by atoms with Gasteiger partial charge in [-0.05, 0) is 10.2 Å². The number of H-pyrrole nitrogens is 1. The summed E-state index contributed by atoms with van der Waals surface area (Å²) in [6, 6.07) is 0.